The lowest BCUT2D eigenvalue weighted by Crippen LogP contribution is -2.62. The van der Waals surface area contributed by atoms with E-state index in [1.807, 2.05) is 69.3 Å². The maximum Gasteiger partial charge on any atom is 0.325 e. The normalized spacial score (nSPS) is 21.9. The standard InChI is InChI=1S/C46H67N7O9/c1-10-23-53-35(24-28(2)3)46(61)52(9)34(25-33-19-15-12-16-20-33)43(58)48-27-38(56)62-41(30(6)7)40(45(60)50-39(29(4)5)44(59)47-26-37(53)55)51-42(57)31(8)49-36(54)22-21-32-17-13-11-14-18-32/h11-20,28-31,34-35,39-41H,10,21-27H2,1-9H3,(H,47,59)(H,48,58)(H,49,54)(H,50,60)(H,51,57)/t31-,34-,35-,39?,40-,41?/m0/s1. The van der Waals surface area contributed by atoms with E-state index in [-0.39, 0.29) is 31.7 Å². The second-order valence-corrected chi connectivity index (χ2v) is 17.0. The van der Waals surface area contributed by atoms with Crippen molar-refractivity contribution in [2.45, 2.75) is 124 Å². The number of esters is 1. The van der Waals surface area contributed by atoms with Crippen molar-refractivity contribution < 1.29 is 43.1 Å². The summed E-state index contributed by atoms with van der Waals surface area (Å²) in [7, 11) is 1.49. The second kappa shape index (κ2) is 24.6. The molecule has 340 valence electrons. The van der Waals surface area contributed by atoms with Gasteiger partial charge >= 0.3 is 5.97 Å². The summed E-state index contributed by atoms with van der Waals surface area (Å²) < 4.78 is 5.85. The predicted molar refractivity (Wildman–Crippen MR) is 234 cm³/mol. The fourth-order valence-corrected chi connectivity index (χ4v) is 7.20. The SMILES string of the molecule is CCCN1C(=O)CNC(=O)C(C(C)C)NC(=O)[C@@H](NC(=O)[C@H](C)NC(=O)CCc2ccccc2)C(C(C)C)OC(=O)CNC(=O)[C@H](Cc2ccccc2)N(C)C(=O)[C@@H]1CC(C)C. The van der Waals surface area contributed by atoms with Crippen molar-refractivity contribution in [2.24, 2.45) is 17.8 Å². The van der Waals surface area contributed by atoms with Gasteiger partial charge in [-0.25, -0.2) is 0 Å². The maximum atomic E-state index is 14.5. The molecule has 0 spiro atoms. The number of aryl methyl sites for hydroxylation is 1. The Morgan fingerprint density at radius 1 is 0.774 bits per heavy atom. The first-order valence-corrected chi connectivity index (χ1v) is 21.6. The van der Waals surface area contributed by atoms with Gasteiger partial charge in [0.25, 0.3) is 0 Å². The van der Waals surface area contributed by atoms with Gasteiger partial charge in [0.05, 0.1) is 6.54 Å². The van der Waals surface area contributed by atoms with Crippen LogP contribution in [0.15, 0.2) is 60.7 Å². The molecule has 1 aliphatic heterocycles. The number of hydrogen-bond acceptors (Lipinski definition) is 9. The minimum atomic E-state index is -1.57. The van der Waals surface area contributed by atoms with Gasteiger partial charge in [0, 0.05) is 26.4 Å². The third-order valence-electron chi connectivity index (χ3n) is 10.7. The van der Waals surface area contributed by atoms with E-state index >= 15 is 0 Å². The molecule has 1 fully saturated rings. The van der Waals surface area contributed by atoms with Crippen molar-refractivity contribution in [3.05, 3.63) is 71.8 Å². The van der Waals surface area contributed by atoms with Crippen molar-refractivity contribution in [1.29, 1.82) is 0 Å². The van der Waals surface area contributed by atoms with E-state index in [9.17, 15) is 38.4 Å². The van der Waals surface area contributed by atoms with E-state index in [1.165, 1.54) is 23.8 Å². The quantitative estimate of drug-likeness (QED) is 0.176. The van der Waals surface area contributed by atoms with Gasteiger partial charge in [-0.15, -0.1) is 0 Å². The number of cyclic esters (lactones) is 1. The molecule has 1 aliphatic rings. The highest BCUT2D eigenvalue weighted by atomic mass is 16.5. The topological polar surface area (TPSA) is 212 Å². The van der Waals surface area contributed by atoms with Gasteiger partial charge < -0.3 is 41.1 Å². The minimum Gasteiger partial charge on any atom is -0.458 e. The molecular formula is C46H67N7O9. The Balaban J connectivity index is 2.04. The zero-order valence-corrected chi connectivity index (χ0v) is 37.7. The van der Waals surface area contributed by atoms with E-state index in [0.717, 1.165) is 11.1 Å². The number of nitrogens with one attached hydrogen (secondary N) is 5. The lowest BCUT2D eigenvalue weighted by Gasteiger charge is -2.37. The van der Waals surface area contributed by atoms with Crippen molar-refractivity contribution in [1.82, 2.24) is 36.4 Å². The molecule has 6 atom stereocenters. The van der Waals surface area contributed by atoms with Gasteiger partial charge in [-0.2, -0.15) is 0 Å². The zero-order chi connectivity index (χ0) is 46.1. The van der Waals surface area contributed by atoms with Crippen molar-refractivity contribution in [3.63, 3.8) is 0 Å². The molecule has 3 rings (SSSR count). The molecule has 16 nitrogen and oxygen atoms in total. The highest BCUT2D eigenvalue weighted by Crippen LogP contribution is 2.20. The minimum absolute atomic E-state index is 0.0429. The van der Waals surface area contributed by atoms with E-state index in [0.29, 0.717) is 12.8 Å². The molecule has 0 saturated carbocycles. The van der Waals surface area contributed by atoms with Crippen LogP contribution < -0.4 is 26.6 Å². The Labute approximate surface area is 366 Å². The Morgan fingerprint density at radius 2 is 1.37 bits per heavy atom. The zero-order valence-electron chi connectivity index (χ0n) is 37.7. The highest BCUT2D eigenvalue weighted by molar-refractivity contribution is 5.97. The predicted octanol–water partition coefficient (Wildman–Crippen LogP) is 2.29. The van der Waals surface area contributed by atoms with Crippen LogP contribution in [0, 0.1) is 17.8 Å². The van der Waals surface area contributed by atoms with Gasteiger partial charge in [-0.05, 0) is 55.1 Å². The van der Waals surface area contributed by atoms with Gasteiger partial charge in [0.2, 0.25) is 41.4 Å². The second-order valence-electron chi connectivity index (χ2n) is 17.0. The van der Waals surface area contributed by atoms with Gasteiger partial charge in [0.15, 0.2) is 0 Å². The summed E-state index contributed by atoms with van der Waals surface area (Å²) >= 11 is 0. The third kappa shape index (κ3) is 15.3. The van der Waals surface area contributed by atoms with Crippen LogP contribution in [0.2, 0.25) is 0 Å². The van der Waals surface area contributed by atoms with Crippen LogP contribution in [-0.2, 0) is 55.9 Å². The van der Waals surface area contributed by atoms with Crippen molar-refractivity contribution in [2.75, 3.05) is 26.7 Å². The maximum absolute atomic E-state index is 14.5. The van der Waals surface area contributed by atoms with E-state index < -0.39 is 109 Å². The smallest absolute Gasteiger partial charge is 0.325 e. The number of carbonyl (C=O) groups excluding carboxylic acids is 8. The molecule has 0 aliphatic carbocycles. The number of benzene rings is 2. The van der Waals surface area contributed by atoms with Crippen LogP contribution in [0.3, 0.4) is 0 Å². The molecule has 16 heteroatoms. The molecule has 0 radical (unpaired) electrons. The lowest BCUT2D eigenvalue weighted by atomic mass is 9.96. The molecular weight excluding hydrogens is 795 g/mol. The summed E-state index contributed by atoms with van der Waals surface area (Å²) in [4.78, 5) is 114. The average Bonchev–Trinajstić information content (AvgIpc) is 3.23. The third-order valence-corrected chi connectivity index (χ3v) is 10.7. The Kier molecular flexibility index (Phi) is 20.1. The molecule has 1 heterocycles. The molecule has 62 heavy (non-hydrogen) atoms. The van der Waals surface area contributed by atoms with Crippen LogP contribution in [0.25, 0.3) is 0 Å². The average molecular weight is 862 g/mol. The van der Waals surface area contributed by atoms with Gasteiger partial charge in [-0.1, -0.05) is 109 Å². The molecule has 0 bridgehead atoms. The lowest BCUT2D eigenvalue weighted by molar-refractivity contribution is -0.156. The molecule has 2 aromatic carbocycles. The van der Waals surface area contributed by atoms with Gasteiger partial charge in [0.1, 0.15) is 42.9 Å². The Morgan fingerprint density at radius 3 is 1.94 bits per heavy atom. The Hall–Kier alpha value is -5.80. The van der Waals surface area contributed by atoms with Crippen LogP contribution >= 0.6 is 0 Å². The summed E-state index contributed by atoms with van der Waals surface area (Å²) in [5, 5.41) is 13.2. The monoisotopic (exact) mass is 862 g/mol. The number of ether oxygens (including phenoxy) is 1. The first-order valence-electron chi connectivity index (χ1n) is 21.6. The first kappa shape index (κ1) is 50.6. The molecule has 1 saturated heterocycles. The van der Waals surface area contributed by atoms with Crippen molar-refractivity contribution >= 4 is 47.3 Å². The van der Waals surface area contributed by atoms with E-state index in [2.05, 4.69) is 26.6 Å². The molecule has 5 N–H and O–H groups in total. The fraction of sp³-hybridized carbons (Fsp3) is 0.565. The largest absolute Gasteiger partial charge is 0.458 e. The fourth-order valence-electron chi connectivity index (χ4n) is 7.20. The first-order chi connectivity index (χ1) is 29.3. The van der Waals surface area contributed by atoms with E-state index in [1.54, 1.807) is 39.8 Å². The number of rotatable bonds is 14. The van der Waals surface area contributed by atoms with Crippen molar-refractivity contribution in [3.8, 4) is 0 Å². The number of carbonyl (C=O) groups is 8. The number of likely N-dealkylation sites (N-methyl/N-ethyl adjacent to an activating group) is 1. The molecule has 7 amide bonds. The van der Waals surface area contributed by atoms with Crippen LogP contribution in [0.5, 0.6) is 0 Å². The van der Waals surface area contributed by atoms with Crippen LogP contribution in [-0.4, -0.2) is 120 Å². The summed E-state index contributed by atoms with van der Waals surface area (Å²) in [6, 6.07) is 12.4. The van der Waals surface area contributed by atoms with Crippen LogP contribution in [0.4, 0.5) is 0 Å². The number of amides is 7. The number of hydrogen-bond donors (Lipinski definition) is 5. The molecule has 2 aromatic rings. The summed E-state index contributed by atoms with van der Waals surface area (Å²) in [6.45, 7) is 12.9. The number of nitrogens with zero attached hydrogens (tertiary/aromatic N) is 2. The van der Waals surface area contributed by atoms with Gasteiger partial charge in [-0.3, -0.25) is 38.4 Å². The summed E-state index contributed by atoms with van der Waals surface area (Å²) in [5.74, 6) is -6.51. The summed E-state index contributed by atoms with van der Waals surface area (Å²) in [5.41, 5.74) is 1.68. The van der Waals surface area contributed by atoms with Crippen LogP contribution in [0.1, 0.15) is 85.8 Å². The van der Waals surface area contributed by atoms with E-state index in [4.69, 9.17) is 4.74 Å². The molecule has 0 aromatic heterocycles. The summed E-state index contributed by atoms with van der Waals surface area (Å²) in [6.07, 6.45) is 0.0456. The Bertz CT molecular complexity index is 1840. The molecule has 2 unspecified atom stereocenters. The highest BCUT2D eigenvalue weighted by Gasteiger charge is 2.40.